The van der Waals surface area contributed by atoms with Gasteiger partial charge in [-0.05, 0) is 40.3 Å². The van der Waals surface area contributed by atoms with Gasteiger partial charge in [0.15, 0.2) is 0 Å². The summed E-state index contributed by atoms with van der Waals surface area (Å²) in [7, 11) is 2.25. The molecule has 3 nitrogen and oxygen atoms in total. The number of likely N-dealkylation sites (N-methyl/N-ethyl adjacent to an activating group) is 1. The Hall–Kier alpha value is -0.120. The van der Waals surface area contributed by atoms with Crippen LogP contribution in [0.4, 0.5) is 0 Å². The molecular weight excluding hydrogens is 222 g/mol. The highest BCUT2D eigenvalue weighted by Crippen LogP contribution is 2.19. The van der Waals surface area contributed by atoms with Crippen molar-refractivity contribution in [3.63, 3.8) is 0 Å². The first-order valence-electron chi connectivity index (χ1n) is 7.52. The minimum atomic E-state index is 0.588. The topological polar surface area (TPSA) is 18.5 Å². The lowest BCUT2D eigenvalue weighted by Crippen LogP contribution is -2.58. The molecule has 0 amide bonds. The fraction of sp³-hybridized carbons (Fsp3) is 1.00. The molecule has 1 saturated heterocycles. The second-order valence-electron chi connectivity index (χ2n) is 6.60. The summed E-state index contributed by atoms with van der Waals surface area (Å²) in [5, 5.41) is 3.56. The highest BCUT2D eigenvalue weighted by atomic mass is 15.3. The zero-order valence-electron chi connectivity index (χ0n) is 13.4. The first-order valence-corrected chi connectivity index (χ1v) is 7.52. The van der Waals surface area contributed by atoms with E-state index in [1.54, 1.807) is 0 Å². The van der Waals surface area contributed by atoms with Crippen molar-refractivity contribution in [1.29, 1.82) is 0 Å². The quantitative estimate of drug-likeness (QED) is 0.811. The van der Waals surface area contributed by atoms with Crippen LogP contribution in [0.1, 0.15) is 41.5 Å². The SMILES string of the molecule is CC(C)NCC(C)C(C)N1CC(C)N(C)C(C)C1. The van der Waals surface area contributed by atoms with Gasteiger partial charge in [0.25, 0.3) is 0 Å². The van der Waals surface area contributed by atoms with Gasteiger partial charge in [0.2, 0.25) is 0 Å². The van der Waals surface area contributed by atoms with Crippen molar-refractivity contribution in [3.8, 4) is 0 Å². The molecule has 4 atom stereocenters. The number of nitrogens with zero attached hydrogens (tertiary/aromatic N) is 2. The average Bonchev–Trinajstić information content (AvgIpc) is 2.31. The van der Waals surface area contributed by atoms with Gasteiger partial charge >= 0.3 is 0 Å². The van der Waals surface area contributed by atoms with Gasteiger partial charge in [0.05, 0.1) is 0 Å². The maximum Gasteiger partial charge on any atom is 0.0195 e. The molecule has 108 valence electrons. The zero-order valence-corrected chi connectivity index (χ0v) is 13.4. The van der Waals surface area contributed by atoms with E-state index in [2.05, 4.69) is 63.7 Å². The highest BCUT2D eigenvalue weighted by molar-refractivity contribution is 4.87. The monoisotopic (exact) mass is 255 g/mol. The number of piperazine rings is 1. The van der Waals surface area contributed by atoms with Gasteiger partial charge in [0.1, 0.15) is 0 Å². The maximum atomic E-state index is 3.56. The van der Waals surface area contributed by atoms with Crippen molar-refractivity contribution in [3.05, 3.63) is 0 Å². The van der Waals surface area contributed by atoms with Crippen molar-refractivity contribution in [2.75, 3.05) is 26.7 Å². The molecule has 0 aliphatic carbocycles. The van der Waals surface area contributed by atoms with Crippen LogP contribution in [0, 0.1) is 5.92 Å². The summed E-state index contributed by atoms with van der Waals surface area (Å²) in [6.45, 7) is 17.4. The molecule has 1 fully saturated rings. The summed E-state index contributed by atoms with van der Waals surface area (Å²) in [5.74, 6) is 0.704. The van der Waals surface area contributed by atoms with Crippen molar-refractivity contribution < 1.29 is 0 Å². The van der Waals surface area contributed by atoms with Crippen LogP contribution >= 0.6 is 0 Å². The Morgan fingerprint density at radius 1 is 1.06 bits per heavy atom. The lowest BCUT2D eigenvalue weighted by Gasteiger charge is -2.46. The fourth-order valence-corrected chi connectivity index (χ4v) is 2.73. The van der Waals surface area contributed by atoms with Gasteiger partial charge in [-0.15, -0.1) is 0 Å². The second-order valence-corrected chi connectivity index (χ2v) is 6.60. The van der Waals surface area contributed by atoms with E-state index in [-0.39, 0.29) is 0 Å². The molecule has 1 N–H and O–H groups in total. The molecule has 1 aliphatic rings. The van der Waals surface area contributed by atoms with Gasteiger partial charge < -0.3 is 5.32 Å². The number of rotatable bonds is 5. The Kier molecular flexibility index (Phi) is 6.09. The first kappa shape index (κ1) is 15.9. The van der Waals surface area contributed by atoms with Crippen LogP contribution in [0.5, 0.6) is 0 Å². The van der Waals surface area contributed by atoms with Gasteiger partial charge in [-0.2, -0.15) is 0 Å². The summed E-state index contributed by atoms with van der Waals surface area (Å²) >= 11 is 0. The summed E-state index contributed by atoms with van der Waals surface area (Å²) in [4.78, 5) is 5.17. The van der Waals surface area contributed by atoms with E-state index in [0.29, 0.717) is 30.1 Å². The molecular formula is C15H33N3. The molecule has 18 heavy (non-hydrogen) atoms. The van der Waals surface area contributed by atoms with Crippen LogP contribution in [0.3, 0.4) is 0 Å². The normalized spacial score (nSPS) is 30.7. The van der Waals surface area contributed by atoms with Gasteiger partial charge in [-0.3, -0.25) is 9.80 Å². The standard InChI is InChI=1S/C15H33N3/c1-11(2)16-8-12(3)15(6)18-9-13(4)17(7)14(5)10-18/h11-16H,8-10H2,1-7H3. The molecule has 0 saturated carbocycles. The Balaban J connectivity index is 2.48. The van der Waals surface area contributed by atoms with Crippen LogP contribution in [0.2, 0.25) is 0 Å². The molecule has 1 rings (SSSR count). The highest BCUT2D eigenvalue weighted by Gasteiger charge is 2.30. The predicted molar refractivity (Wildman–Crippen MR) is 80.0 cm³/mol. The number of hydrogen-bond donors (Lipinski definition) is 1. The number of nitrogens with one attached hydrogen (secondary N) is 1. The maximum absolute atomic E-state index is 3.56. The lowest BCUT2D eigenvalue weighted by atomic mass is 9.98. The van der Waals surface area contributed by atoms with Crippen LogP contribution < -0.4 is 5.32 Å². The Morgan fingerprint density at radius 3 is 2.00 bits per heavy atom. The molecule has 0 aromatic heterocycles. The van der Waals surface area contributed by atoms with Gasteiger partial charge in [0, 0.05) is 37.3 Å². The second kappa shape index (κ2) is 6.88. The summed E-state index contributed by atoms with van der Waals surface area (Å²) < 4.78 is 0. The van der Waals surface area contributed by atoms with E-state index in [4.69, 9.17) is 0 Å². The van der Waals surface area contributed by atoms with E-state index in [0.717, 1.165) is 6.54 Å². The Labute approximate surface area is 114 Å². The van der Waals surface area contributed by atoms with E-state index >= 15 is 0 Å². The van der Waals surface area contributed by atoms with Crippen LogP contribution in [-0.4, -0.2) is 60.6 Å². The molecule has 0 bridgehead atoms. The molecule has 1 aliphatic heterocycles. The van der Waals surface area contributed by atoms with Crippen LogP contribution in [-0.2, 0) is 0 Å². The van der Waals surface area contributed by atoms with Crippen LogP contribution in [0.15, 0.2) is 0 Å². The van der Waals surface area contributed by atoms with Crippen LogP contribution in [0.25, 0.3) is 0 Å². The fourth-order valence-electron chi connectivity index (χ4n) is 2.73. The van der Waals surface area contributed by atoms with E-state index in [9.17, 15) is 0 Å². The van der Waals surface area contributed by atoms with Crippen molar-refractivity contribution in [1.82, 2.24) is 15.1 Å². The largest absolute Gasteiger partial charge is 0.314 e. The van der Waals surface area contributed by atoms with Crippen molar-refractivity contribution in [2.45, 2.75) is 65.7 Å². The van der Waals surface area contributed by atoms with Crippen molar-refractivity contribution >= 4 is 0 Å². The van der Waals surface area contributed by atoms with Gasteiger partial charge in [-0.25, -0.2) is 0 Å². The Bertz CT molecular complexity index is 230. The number of hydrogen-bond acceptors (Lipinski definition) is 3. The molecule has 0 radical (unpaired) electrons. The molecule has 0 spiro atoms. The molecule has 4 unspecified atom stereocenters. The van der Waals surface area contributed by atoms with Gasteiger partial charge in [-0.1, -0.05) is 20.8 Å². The predicted octanol–water partition coefficient (Wildman–Crippen LogP) is 2.03. The summed E-state index contributed by atoms with van der Waals surface area (Å²) in [5.41, 5.74) is 0. The molecule has 1 heterocycles. The third-order valence-corrected chi connectivity index (χ3v) is 4.64. The van der Waals surface area contributed by atoms with E-state index in [1.807, 2.05) is 0 Å². The lowest BCUT2D eigenvalue weighted by molar-refractivity contribution is 0.0239. The third-order valence-electron chi connectivity index (χ3n) is 4.64. The third kappa shape index (κ3) is 4.22. The van der Waals surface area contributed by atoms with E-state index in [1.165, 1.54) is 13.1 Å². The average molecular weight is 255 g/mol. The molecule has 0 aromatic rings. The first-order chi connectivity index (χ1) is 8.32. The molecule has 3 heteroatoms. The van der Waals surface area contributed by atoms with Crippen molar-refractivity contribution in [2.24, 2.45) is 5.92 Å². The minimum absolute atomic E-state index is 0.588. The Morgan fingerprint density at radius 2 is 1.56 bits per heavy atom. The smallest absolute Gasteiger partial charge is 0.0195 e. The summed E-state index contributed by atoms with van der Waals surface area (Å²) in [6, 6.07) is 2.59. The summed E-state index contributed by atoms with van der Waals surface area (Å²) in [6.07, 6.45) is 0. The van der Waals surface area contributed by atoms with E-state index < -0.39 is 0 Å². The minimum Gasteiger partial charge on any atom is -0.314 e. The zero-order chi connectivity index (χ0) is 13.9. The molecule has 0 aromatic carbocycles.